The topological polar surface area (TPSA) is 154 Å². The summed E-state index contributed by atoms with van der Waals surface area (Å²) in [6, 6.07) is 1.61. The van der Waals surface area contributed by atoms with E-state index in [-0.39, 0.29) is 30.6 Å². The molecule has 0 aliphatic carbocycles. The number of rotatable bonds is 7. The average Bonchev–Trinajstić information content (AvgIpc) is 2.97. The molecule has 0 fully saturated rings. The van der Waals surface area contributed by atoms with E-state index in [9.17, 15) is 49.5 Å². The lowest BCUT2D eigenvalue weighted by Crippen LogP contribution is -2.43. The first-order chi connectivity index (χ1) is 21.2. The van der Waals surface area contributed by atoms with Crippen LogP contribution in [0.4, 0.5) is 50.4 Å². The number of nitrogens with zero attached hydrogens (tertiary/aromatic N) is 2. The van der Waals surface area contributed by atoms with Crippen LogP contribution in [0.2, 0.25) is 0 Å². The molecule has 1 aromatic carbocycles. The molecule has 0 aliphatic rings. The van der Waals surface area contributed by atoms with E-state index in [2.05, 4.69) is 27.1 Å². The number of pyridine rings is 2. The second-order valence-corrected chi connectivity index (χ2v) is 8.52. The molecular formula is C27H15F8N5O5. The zero-order valence-electron chi connectivity index (χ0n) is 22.0. The Morgan fingerprint density at radius 3 is 1.67 bits per heavy atom. The Morgan fingerprint density at radius 1 is 0.711 bits per heavy atom. The molecule has 0 radical (unpaired) electrons. The van der Waals surface area contributed by atoms with Crippen LogP contribution in [-0.2, 0) is 4.79 Å². The molecule has 3 aromatic rings. The summed E-state index contributed by atoms with van der Waals surface area (Å²) in [5, 5.41) is 23.9. The highest BCUT2D eigenvalue weighted by Crippen LogP contribution is 2.20. The molecule has 2 heterocycles. The van der Waals surface area contributed by atoms with Gasteiger partial charge in [0.05, 0.1) is 0 Å². The van der Waals surface area contributed by atoms with Crippen molar-refractivity contribution in [3.8, 4) is 23.7 Å². The number of aromatic nitrogens is 2. The fraction of sp³-hybridized carbons (Fsp3) is 0.148. The zero-order chi connectivity index (χ0) is 33.4. The van der Waals surface area contributed by atoms with Crippen LogP contribution in [0.5, 0.6) is 0 Å². The lowest BCUT2D eigenvalue weighted by molar-refractivity contribution is -0.118. The predicted octanol–water partition coefficient (Wildman–Crippen LogP) is 4.01. The number of nitrogens with one attached hydrogen (secondary N) is 3. The summed E-state index contributed by atoms with van der Waals surface area (Å²) < 4.78 is 110. The van der Waals surface area contributed by atoms with E-state index in [0.717, 1.165) is 18.2 Å². The average molecular weight is 641 g/mol. The molecule has 0 spiro atoms. The summed E-state index contributed by atoms with van der Waals surface area (Å²) in [6.45, 7) is -0.136. The Kier molecular flexibility index (Phi) is 10.8. The SMILES string of the molecule is O=C(O)NCCCC(NC(=O)O)C(=O)Nc1ccc(C#Cc2c(F)c(F)nc(F)c2F)c(C#Cc2c(F)c(F)nc(F)c2F)c1. The van der Waals surface area contributed by atoms with Crippen molar-refractivity contribution < 1.29 is 59.7 Å². The molecule has 1 atom stereocenters. The fourth-order valence-electron chi connectivity index (χ4n) is 3.44. The Morgan fingerprint density at radius 2 is 1.20 bits per heavy atom. The van der Waals surface area contributed by atoms with Crippen molar-refractivity contribution in [2.75, 3.05) is 11.9 Å². The van der Waals surface area contributed by atoms with E-state index in [4.69, 9.17) is 10.2 Å². The molecular weight excluding hydrogens is 626 g/mol. The third-order valence-corrected chi connectivity index (χ3v) is 5.49. The minimum atomic E-state index is -2.04. The number of hydrogen-bond donors (Lipinski definition) is 5. The first kappa shape index (κ1) is 33.6. The van der Waals surface area contributed by atoms with Crippen LogP contribution in [0, 0.1) is 70.7 Å². The van der Waals surface area contributed by atoms with Crippen LogP contribution in [0.1, 0.15) is 35.1 Å². The molecule has 45 heavy (non-hydrogen) atoms. The monoisotopic (exact) mass is 641 g/mol. The molecule has 0 aliphatic heterocycles. The van der Waals surface area contributed by atoms with Crippen LogP contribution in [0.3, 0.4) is 0 Å². The number of carbonyl (C=O) groups is 3. The first-order valence-corrected chi connectivity index (χ1v) is 12.0. The van der Waals surface area contributed by atoms with Gasteiger partial charge >= 0.3 is 12.2 Å². The molecule has 10 nitrogen and oxygen atoms in total. The molecule has 0 bridgehead atoms. The van der Waals surface area contributed by atoms with Crippen LogP contribution in [0.25, 0.3) is 0 Å². The van der Waals surface area contributed by atoms with E-state index < -0.39 is 87.9 Å². The van der Waals surface area contributed by atoms with Gasteiger partial charge in [-0.25, -0.2) is 27.2 Å². The second kappa shape index (κ2) is 14.5. The van der Waals surface area contributed by atoms with Crippen LogP contribution in [0.15, 0.2) is 18.2 Å². The molecule has 0 saturated carbocycles. The third kappa shape index (κ3) is 8.57. The maximum absolute atomic E-state index is 14.1. The quantitative estimate of drug-likeness (QED) is 0.113. The molecule has 3 amide bonds. The number of carbonyl (C=O) groups excluding carboxylic acids is 1. The number of amides is 3. The molecule has 5 N–H and O–H groups in total. The third-order valence-electron chi connectivity index (χ3n) is 5.49. The lowest BCUT2D eigenvalue weighted by Gasteiger charge is -2.17. The van der Waals surface area contributed by atoms with Gasteiger partial charge in [0, 0.05) is 23.4 Å². The number of carboxylic acid groups (broad SMARTS) is 2. The summed E-state index contributed by atoms with van der Waals surface area (Å²) in [4.78, 5) is 39.3. The van der Waals surface area contributed by atoms with E-state index >= 15 is 0 Å². The molecule has 2 aromatic heterocycles. The summed E-state index contributed by atoms with van der Waals surface area (Å²) in [6.07, 6.45) is -3.15. The van der Waals surface area contributed by atoms with E-state index in [1.807, 2.05) is 22.5 Å². The summed E-state index contributed by atoms with van der Waals surface area (Å²) in [5.41, 5.74) is -3.80. The highest BCUT2D eigenvalue weighted by molar-refractivity contribution is 5.96. The Bertz CT molecular complexity index is 1760. The van der Waals surface area contributed by atoms with Gasteiger partial charge in [-0.15, -0.1) is 0 Å². The lowest BCUT2D eigenvalue weighted by atomic mass is 10.0. The van der Waals surface area contributed by atoms with Crippen molar-refractivity contribution in [2.45, 2.75) is 18.9 Å². The Labute approximate surface area is 246 Å². The van der Waals surface area contributed by atoms with Crippen LogP contribution >= 0.6 is 0 Å². The van der Waals surface area contributed by atoms with Gasteiger partial charge in [0.25, 0.3) is 23.8 Å². The van der Waals surface area contributed by atoms with Gasteiger partial charge in [0.2, 0.25) is 5.91 Å². The summed E-state index contributed by atoms with van der Waals surface area (Å²) >= 11 is 0. The number of anilines is 1. The number of halogens is 8. The van der Waals surface area contributed by atoms with Gasteiger partial charge in [-0.3, -0.25) is 4.79 Å². The first-order valence-electron chi connectivity index (χ1n) is 12.0. The van der Waals surface area contributed by atoms with Gasteiger partial charge in [-0.1, -0.05) is 23.7 Å². The van der Waals surface area contributed by atoms with Gasteiger partial charge in [0.15, 0.2) is 23.3 Å². The molecule has 1 unspecified atom stereocenters. The van der Waals surface area contributed by atoms with Gasteiger partial charge in [-0.05, 0) is 31.0 Å². The van der Waals surface area contributed by atoms with Crippen molar-refractivity contribution in [2.24, 2.45) is 0 Å². The zero-order valence-corrected chi connectivity index (χ0v) is 22.0. The Hall–Kier alpha value is -5.91. The van der Waals surface area contributed by atoms with E-state index in [1.165, 1.54) is 0 Å². The van der Waals surface area contributed by atoms with Crippen molar-refractivity contribution in [3.63, 3.8) is 0 Å². The van der Waals surface area contributed by atoms with Crippen molar-refractivity contribution in [1.29, 1.82) is 0 Å². The van der Waals surface area contributed by atoms with Gasteiger partial charge in [0.1, 0.15) is 17.2 Å². The molecule has 18 heteroatoms. The minimum absolute atomic E-state index is 0.00934. The second-order valence-electron chi connectivity index (χ2n) is 8.52. The van der Waals surface area contributed by atoms with Crippen molar-refractivity contribution >= 4 is 23.8 Å². The van der Waals surface area contributed by atoms with Crippen molar-refractivity contribution in [1.82, 2.24) is 20.6 Å². The van der Waals surface area contributed by atoms with E-state index in [0.29, 0.717) is 0 Å². The maximum atomic E-state index is 14.1. The smallest absolute Gasteiger partial charge is 0.405 e. The summed E-state index contributed by atoms with van der Waals surface area (Å²) in [7, 11) is 0. The minimum Gasteiger partial charge on any atom is -0.465 e. The molecule has 234 valence electrons. The number of hydrogen-bond acceptors (Lipinski definition) is 5. The highest BCUT2D eigenvalue weighted by atomic mass is 19.2. The fourth-order valence-corrected chi connectivity index (χ4v) is 3.44. The van der Waals surface area contributed by atoms with Crippen LogP contribution < -0.4 is 16.0 Å². The predicted molar refractivity (Wildman–Crippen MR) is 135 cm³/mol. The standard InChI is InChI=1S/C27H15F8N5O5/c28-17-14(18(29)22(33)39-21(17)32)7-4-11-3-6-13(37-25(41)16(38-27(44)45)2-1-9-36-26(42)43)10-12(11)5-8-15-19(30)23(34)40-24(35)20(15)31/h3,6,10,16,36,38H,1-2,9H2,(H,37,41)(H,42,43)(H,44,45). The van der Waals surface area contributed by atoms with E-state index in [1.54, 1.807) is 0 Å². The Balaban J connectivity index is 2.07. The number of benzene rings is 1. The summed E-state index contributed by atoms with van der Waals surface area (Å²) in [5.74, 6) is -9.11. The normalized spacial score (nSPS) is 10.9. The highest BCUT2D eigenvalue weighted by Gasteiger charge is 2.22. The van der Waals surface area contributed by atoms with Crippen molar-refractivity contribution in [3.05, 3.63) is 87.5 Å². The molecule has 0 saturated heterocycles. The molecule has 3 rings (SSSR count). The van der Waals surface area contributed by atoms with Gasteiger partial charge in [-0.2, -0.15) is 27.5 Å². The van der Waals surface area contributed by atoms with Crippen LogP contribution in [-0.4, -0.2) is 50.9 Å². The maximum Gasteiger partial charge on any atom is 0.405 e. The largest absolute Gasteiger partial charge is 0.465 e. The van der Waals surface area contributed by atoms with Gasteiger partial charge < -0.3 is 26.2 Å².